The fraction of sp³-hybridized carbons (Fsp3) is 0.400. The number of sulfonamides is 1. The molecule has 3 N–H and O–H groups in total. The summed E-state index contributed by atoms with van der Waals surface area (Å²) in [7, 11) is -3.44. The highest BCUT2D eigenvalue weighted by atomic mass is 32.2. The van der Waals surface area contributed by atoms with E-state index in [-0.39, 0.29) is 11.4 Å². The molecule has 0 heterocycles. The van der Waals surface area contributed by atoms with Gasteiger partial charge in [-0.05, 0) is 62.2 Å². The highest BCUT2D eigenvalue weighted by Crippen LogP contribution is 2.25. The maximum absolute atomic E-state index is 11.4. The Labute approximate surface area is 166 Å². The zero-order valence-corrected chi connectivity index (χ0v) is 17.3. The van der Waals surface area contributed by atoms with E-state index in [9.17, 15) is 13.5 Å². The Morgan fingerprint density at radius 1 is 0.964 bits per heavy atom. The molecule has 0 aliphatic heterocycles. The minimum atomic E-state index is -3.44. The summed E-state index contributed by atoms with van der Waals surface area (Å²) in [5, 5.41) is 13.2. The molecule has 8 heteroatoms. The minimum Gasteiger partial charge on any atom is -0.506 e. The quantitative estimate of drug-likeness (QED) is 0.391. The van der Waals surface area contributed by atoms with Gasteiger partial charge in [-0.15, -0.1) is 0 Å². The maximum Gasteiger partial charge on any atom is 0.229 e. The molecule has 0 bridgehead atoms. The molecule has 0 radical (unpaired) electrons. The number of benzene rings is 2. The van der Waals surface area contributed by atoms with Crippen LogP contribution in [0.25, 0.3) is 0 Å². The molecule has 154 valence electrons. The Hall–Kier alpha value is -2.45. The number of anilines is 1. The van der Waals surface area contributed by atoms with Crippen molar-refractivity contribution in [2.75, 3.05) is 30.7 Å². The van der Waals surface area contributed by atoms with E-state index in [1.807, 2.05) is 32.0 Å². The second-order valence-corrected chi connectivity index (χ2v) is 8.08. The van der Waals surface area contributed by atoms with Gasteiger partial charge in [0.15, 0.2) is 0 Å². The number of rotatable bonds is 11. The van der Waals surface area contributed by atoms with Crippen LogP contribution in [0.4, 0.5) is 5.69 Å². The van der Waals surface area contributed by atoms with E-state index in [2.05, 4.69) is 10.0 Å². The summed E-state index contributed by atoms with van der Waals surface area (Å²) in [6.07, 6.45) is 1.73. The average Bonchev–Trinajstić information content (AvgIpc) is 2.61. The fourth-order valence-corrected chi connectivity index (χ4v) is 3.28. The molecule has 0 unspecified atom stereocenters. The monoisotopic (exact) mass is 408 g/mol. The van der Waals surface area contributed by atoms with Crippen LogP contribution in [0.2, 0.25) is 0 Å². The summed E-state index contributed by atoms with van der Waals surface area (Å²) in [6, 6.07) is 10.7. The summed E-state index contributed by atoms with van der Waals surface area (Å²) in [5.41, 5.74) is 2.15. The maximum atomic E-state index is 11.4. The van der Waals surface area contributed by atoms with E-state index in [1.54, 1.807) is 12.1 Å². The third-order valence-corrected chi connectivity index (χ3v) is 4.43. The van der Waals surface area contributed by atoms with E-state index in [4.69, 9.17) is 9.47 Å². The Kier molecular flexibility index (Phi) is 7.95. The summed E-state index contributed by atoms with van der Waals surface area (Å²) in [6.45, 7) is 6.39. The molecule has 28 heavy (non-hydrogen) atoms. The summed E-state index contributed by atoms with van der Waals surface area (Å²) >= 11 is 0. The summed E-state index contributed by atoms with van der Waals surface area (Å²) in [5.74, 6) is 1.46. The first-order valence-electron chi connectivity index (χ1n) is 9.20. The molecular formula is C20H28N2O5S. The molecule has 0 aromatic heterocycles. The molecule has 7 nitrogen and oxygen atoms in total. The molecule has 0 saturated heterocycles. The van der Waals surface area contributed by atoms with Crippen LogP contribution in [-0.2, 0) is 23.0 Å². The minimum absolute atomic E-state index is 0.0988. The zero-order chi connectivity index (χ0) is 20.6. The number of phenols is 1. The fourth-order valence-electron chi connectivity index (χ4n) is 2.72. The van der Waals surface area contributed by atoms with Gasteiger partial charge < -0.3 is 19.9 Å². The molecule has 2 aromatic rings. The van der Waals surface area contributed by atoms with E-state index in [1.165, 1.54) is 6.07 Å². The van der Waals surface area contributed by atoms with Crippen molar-refractivity contribution >= 4 is 15.7 Å². The van der Waals surface area contributed by atoms with Crippen molar-refractivity contribution in [3.05, 3.63) is 47.5 Å². The first kappa shape index (κ1) is 21.8. The van der Waals surface area contributed by atoms with E-state index < -0.39 is 10.0 Å². The topological polar surface area (TPSA) is 96.9 Å². The van der Waals surface area contributed by atoms with Crippen LogP contribution >= 0.6 is 0 Å². The smallest absolute Gasteiger partial charge is 0.229 e. The van der Waals surface area contributed by atoms with E-state index >= 15 is 0 Å². The molecule has 0 aliphatic rings. The van der Waals surface area contributed by atoms with Gasteiger partial charge in [0.1, 0.15) is 17.2 Å². The van der Waals surface area contributed by atoms with Crippen LogP contribution in [0.15, 0.2) is 36.4 Å². The molecule has 0 fully saturated rings. The molecule has 0 spiro atoms. The van der Waals surface area contributed by atoms with Crippen molar-refractivity contribution < 1.29 is 23.0 Å². The third-order valence-electron chi connectivity index (χ3n) is 3.84. The van der Waals surface area contributed by atoms with Gasteiger partial charge in [0, 0.05) is 12.6 Å². The molecule has 2 rings (SSSR count). The lowest BCUT2D eigenvalue weighted by Gasteiger charge is -2.12. The van der Waals surface area contributed by atoms with Crippen LogP contribution in [0.3, 0.4) is 0 Å². The highest BCUT2D eigenvalue weighted by molar-refractivity contribution is 7.92. The van der Waals surface area contributed by atoms with Crippen molar-refractivity contribution in [2.45, 2.75) is 26.8 Å². The van der Waals surface area contributed by atoms with Gasteiger partial charge in [0.2, 0.25) is 10.0 Å². The van der Waals surface area contributed by atoms with Gasteiger partial charge in [-0.2, -0.15) is 0 Å². The summed E-state index contributed by atoms with van der Waals surface area (Å²) < 4.78 is 36.2. The third kappa shape index (κ3) is 7.28. The van der Waals surface area contributed by atoms with Crippen LogP contribution < -0.4 is 19.5 Å². The molecule has 0 atom stereocenters. The molecule has 0 aliphatic carbocycles. The zero-order valence-electron chi connectivity index (χ0n) is 16.5. The summed E-state index contributed by atoms with van der Waals surface area (Å²) in [4.78, 5) is 0. The Balaban J connectivity index is 1.94. The van der Waals surface area contributed by atoms with Gasteiger partial charge >= 0.3 is 0 Å². The van der Waals surface area contributed by atoms with Crippen LogP contribution in [0, 0.1) is 0 Å². The Bertz CT molecular complexity index is 860. The molecule has 0 saturated carbocycles. The van der Waals surface area contributed by atoms with Gasteiger partial charge in [-0.25, -0.2) is 8.42 Å². The normalized spacial score (nSPS) is 11.2. The van der Waals surface area contributed by atoms with Crippen LogP contribution in [0.5, 0.6) is 17.2 Å². The number of hydrogen-bond donors (Lipinski definition) is 3. The number of nitrogens with one attached hydrogen (secondary N) is 2. The van der Waals surface area contributed by atoms with Crippen molar-refractivity contribution in [3.8, 4) is 17.2 Å². The number of aromatic hydroxyl groups is 1. The first-order valence-corrected chi connectivity index (χ1v) is 11.1. The second kappa shape index (κ2) is 10.2. The molecule has 0 amide bonds. The largest absolute Gasteiger partial charge is 0.506 e. The Morgan fingerprint density at radius 3 is 2.18 bits per heavy atom. The second-order valence-electron chi connectivity index (χ2n) is 6.33. The Morgan fingerprint density at radius 2 is 1.61 bits per heavy atom. The van der Waals surface area contributed by atoms with Crippen molar-refractivity contribution in [1.29, 1.82) is 0 Å². The van der Waals surface area contributed by atoms with Gasteiger partial charge in [0.25, 0.3) is 0 Å². The number of hydrogen-bond acceptors (Lipinski definition) is 6. The lowest BCUT2D eigenvalue weighted by atomic mass is 10.1. The SMILES string of the molecule is CCOc1cc(CNCCc2ccc(O)c(NS(C)(=O)=O)c2)cc(OCC)c1. The van der Waals surface area contributed by atoms with Crippen molar-refractivity contribution in [3.63, 3.8) is 0 Å². The van der Waals surface area contributed by atoms with Crippen LogP contribution in [-0.4, -0.2) is 39.5 Å². The molecule has 2 aromatic carbocycles. The number of phenolic OH excluding ortho intramolecular Hbond substituents is 1. The standard InChI is InChI=1S/C20H28N2O5S/c1-4-26-17-10-16(11-18(13-17)27-5-2)14-21-9-8-15-6-7-20(23)19(12-15)22-28(3,24)25/h6-7,10-13,21-23H,4-5,8-9,14H2,1-3H3. The highest BCUT2D eigenvalue weighted by Gasteiger charge is 2.08. The lowest BCUT2D eigenvalue weighted by Crippen LogP contribution is -2.17. The van der Waals surface area contributed by atoms with E-state index in [0.717, 1.165) is 28.9 Å². The molecular weight excluding hydrogens is 380 g/mol. The van der Waals surface area contributed by atoms with Gasteiger partial charge in [-0.1, -0.05) is 6.07 Å². The van der Waals surface area contributed by atoms with Gasteiger partial charge in [-0.3, -0.25) is 4.72 Å². The van der Waals surface area contributed by atoms with Crippen LogP contribution in [0.1, 0.15) is 25.0 Å². The van der Waals surface area contributed by atoms with Crippen molar-refractivity contribution in [2.24, 2.45) is 0 Å². The first-order chi connectivity index (χ1) is 13.3. The van der Waals surface area contributed by atoms with Crippen molar-refractivity contribution in [1.82, 2.24) is 5.32 Å². The van der Waals surface area contributed by atoms with Gasteiger partial charge in [0.05, 0.1) is 25.2 Å². The average molecular weight is 409 g/mol. The predicted octanol–water partition coefficient (Wildman–Crippen LogP) is 2.89. The van der Waals surface area contributed by atoms with E-state index in [0.29, 0.717) is 32.7 Å². The predicted molar refractivity (Wildman–Crippen MR) is 111 cm³/mol. The number of ether oxygens (including phenoxy) is 2. The lowest BCUT2D eigenvalue weighted by molar-refractivity contribution is 0.322.